The molecule has 13 heteroatoms. The zero-order valence-corrected chi connectivity index (χ0v) is 17.7. The summed E-state index contributed by atoms with van der Waals surface area (Å²) in [5.74, 6) is -5.94. The van der Waals surface area contributed by atoms with Gasteiger partial charge in [0.1, 0.15) is 11.9 Å². The number of nitrogens with zero attached hydrogens (tertiary/aromatic N) is 4. The van der Waals surface area contributed by atoms with Crippen LogP contribution < -0.4 is 5.32 Å². The number of carboxylic acid groups (broad SMARTS) is 1. The van der Waals surface area contributed by atoms with Gasteiger partial charge in [-0.1, -0.05) is 6.07 Å². The molecule has 0 radical (unpaired) electrons. The summed E-state index contributed by atoms with van der Waals surface area (Å²) in [5.41, 5.74) is -0.283. The highest BCUT2D eigenvalue weighted by molar-refractivity contribution is 5.65. The number of carbonyl (C=O) groups is 1. The summed E-state index contributed by atoms with van der Waals surface area (Å²) in [6.45, 7) is 0.593. The van der Waals surface area contributed by atoms with E-state index in [0.29, 0.717) is 17.8 Å². The van der Waals surface area contributed by atoms with E-state index in [1.54, 1.807) is 0 Å². The van der Waals surface area contributed by atoms with E-state index in [2.05, 4.69) is 15.4 Å². The van der Waals surface area contributed by atoms with Crippen LogP contribution in [0.4, 0.5) is 37.1 Å². The molecule has 1 aliphatic carbocycles. The van der Waals surface area contributed by atoms with Crippen LogP contribution in [0.15, 0.2) is 12.1 Å². The van der Waals surface area contributed by atoms with Crippen molar-refractivity contribution < 1.29 is 36.2 Å². The second-order valence-electron chi connectivity index (χ2n) is 9.15. The van der Waals surface area contributed by atoms with Crippen LogP contribution in [0.3, 0.4) is 0 Å². The van der Waals surface area contributed by atoms with Gasteiger partial charge in [0.15, 0.2) is 17.5 Å². The molecule has 3 aliphatic rings. The molecule has 2 aliphatic heterocycles. The summed E-state index contributed by atoms with van der Waals surface area (Å²) in [6, 6.07) is -0.457. The number of likely N-dealkylation sites (tertiary alicyclic amines) is 1. The minimum Gasteiger partial charge on any atom is -0.465 e. The lowest BCUT2D eigenvalue weighted by atomic mass is 9.88. The molecule has 4 unspecified atom stereocenters. The van der Waals surface area contributed by atoms with E-state index in [-0.39, 0.29) is 41.6 Å². The van der Waals surface area contributed by atoms with Crippen molar-refractivity contribution in [3.8, 4) is 0 Å². The molecule has 7 nitrogen and oxygen atoms in total. The summed E-state index contributed by atoms with van der Waals surface area (Å²) in [5, 5.41) is 16.4. The Hall–Kier alpha value is -2.99. The molecule has 1 aromatic carbocycles. The second kappa shape index (κ2) is 8.05. The predicted molar refractivity (Wildman–Crippen MR) is 106 cm³/mol. The highest BCUT2D eigenvalue weighted by Gasteiger charge is 2.48. The minimum atomic E-state index is -4.64. The molecule has 184 valence electrons. The molecule has 5 rings (SSSR count). The summed E-state index contributed by atoms with van der Waals surface area (Å²) in [7, 11) is 0. The maximum absolute atomic E-state index is 14.5. The molecule has 2 N–H and O–H groups in total. The van der Waals surface area contributed by atoms with E-state index in [0.717, 1.165) is 25.0 Å². The Balaban J connectivity index is 1.48. The number of hydrogen-bond acceptors (Lipinski definition) is 4. The molecule has 1 aromatic heterocycles. The van der Waals surface area contributed by atoms with Crippen LogP contribution in [0.5, 0.6) is 0 Å². The molecule has 1 saturated heterocycles. The van der Waals surface area contributed by atoms with Crippen molar-refractivity contribution >= 4 is 12.0 Å². The fraction of sp³-hybridized carbons (Fsp3) is 0.571. The molecule has 2 aromatic rings. The first-order valence-electron chi connectivity index (χ1n) is 11.0. The number of rotatable bonds is 3. The molecule has 4 atom stereocenters. The lowest BCUT2D eigenvalue weighted by Crippen LogP contribution is -2.49. The Kier molecular flexibility index (Phi) is 5.40. The molecule has 2 bridgehead atoms. The number of nitrogens with one attached hydrogen (secondary N) is 1. The summed E-state index contributed by atoms with van der Waals surface area (Å²) in [6.07, 6.45) is -4.74. The normalized spacial score (nSPS) is 28.6. The average Bonchev–Trinajstić information content (AvgIpc) is 3.27. The molecule has 3 heterocycles. The minimum absolute atomic E-state index is 0.0479. The monoisotopic (exact) mass is 489 g/mol. The quantitative estimate of drug-likeness (QED) is 0.489. The summed E-state index contributed by atoms with van der Waals surface area (Å²) < 4.78 is 83.6. The molecular weight excluding hydrogens is 468 g/mol. The van der Waals surface area contributed by atoms with Crippen LogP contribution in [0.1, 0.15) is 49.0 Å². The van der Waals surface area contributed by atoms with Gasteiger partial charge in [-0.05, 0) is 43.6 Å². The largest absolute Gasteiger partial charge is 0.465 e. The van der Waals surface area contributed by atoms with Gasteiger partial charge in [-0.2, -0.15) is 18.2 Å². The fourth-order valence-electron chi connectivity index (χ4n) is 5.61. The number of piperidine rings is 1. The van der Waals surface area contributed by atoms with Gasteiger partial charge in [0.05, 0.1) is 0 Å². The standard InChI is InChI=1S/C21H21F6N5O2/c22-13-5-3-11(15(23)16(13)24)12-4-6-14(21(25,26)27)32-18(12)29-19(30-32)28-17-9-1-2-10(17)8-31(7-9)20(33)34/h3,5,9-10,12,14,17H,1-2,4,6-8H2,(H,28,30)(H,33,34). The van der Waals surface area contributed by atoms with Gasteiger partial charge in [0.25, 0.3) is 0 Å². The number of halogens is 6. The molecule has 2 fully saturated rings. The Labute approximate surface area is 189 Å². The van der Waals surface area contributed by atoms with E-state index in [9.17, 15) is 36.2 Å². The Morgan fingerprint density at radius 2 is 1.71 bits per heavy atom. The van der Waals surface area contributed by atoms with Gasteiger partial charge in [-0.25, -0.2) is 22.6 Å². The average molecular weight is 489 g/mol. The van der Waals surface area contributed by atoms with Crippen LogP contribution in [-0.2, 0) is 0 Å². The van der Waals surface area contributed by atoms with Gasteiger partial charge in [0.2, 0.25) is 5.95 Å². The van der Waals surface area contributed by atoms with Crippen molar-refractivity contribution in [3.05, 3.63) is 41.0 Å². The highest BCUT2D eigenvalue weighted by atomic mass is 19.4. The van der Waals surface area contributed by atoms with Crippen LogP contribution in [-0.4, -0.2) is 56.2 Å². The number of amides is 1. The Bertz CT molecular complexity index is 1110. The third-order valence-electron chi connectivity index (χ3n) is 7.21. The zero-order chi connectivity index (χ0) is 24.4. The first-order chi connectivity index (χ1) is 16.0. The SMILES string of the molecule is O=C(O)N1CC2CCC(C1)C2Nc1nc2n(n1)C(C(F)(F)F)CCC2c1ccc(F)c(F)c1F. The molecule has 0 spiro atoms. The van der Waals surface area contributed by atoms with E-state index >= 15 is 0 Å². The molecule has 34 heavy (non-hydrogen) atoms. The summed E-state index contributed by atoms with van der Waals surface area (Å²) in [4.78, 5) is 16.9. The number of alkyl halides is 3. The van der Waals surface area contributed by atoms with Gasteiger partial charge < -0.3 is 15.3 Å². The number of hydrogen-bond donors (Lipinski definition) is 2. The first kappa shape index (κ1) is 22.8. The van der Waals surface area contributed by atoms with Crippen LogP contribution in [0, 0.1) is 29.3 Å². The Morgan fingerprint density at radius 3 is 2.32 bits per heavy atom. The lowest BCUT2D eigenvalue weighted by molar-refractivity contribution is -0.175. The van der Waals surface area contributed by atoms with Gasteiger partial charge in [-0.15, -0.1) is 5.10 Å². The number of benzene rings is 1. The van der Waals surface area contributed by atoms with Gasteiger partial charge in [0, 0.05) is 30.6 Å². The number of anilines is 1. The van der Waals surface area contributed by atoms with E-state index < -0.39 is 48.1 Å². The summed E-state index contributed by atoms with van der Waals surface area (Å²) >= 11 is 0. The van der Waals surface area contributed by atoms with Crippen molar-refractivity contribution in [2.75, 3.05) is 18.4 Å². The highest BCUT2D eigenvalue weighted by Crippen LogP contribution is 2.45. The zero-order valence-electron chi connectivity index (χ0n) is 17.7. The maximum atomic E-state index is 14.5. The van der Waals surface area contributed by atoms with E-state index in [1.165, 1.54) is 4.90 Å². The Morgan fingerprint density at radius 1 is 1.03 bits per heavy atom. The first-order valence-corrected chi connectivity index (χ1v) is 11.0. The predicted octanol–water partition coefficient (Wildman–Crippen LogP) is 4.52. The van der Waals surface area contributed by atoms with Crippen molar-refractivity contribution in [2.24, 2.45) is 11.8 Å². The van der Waals surface area contributed by atoms with Gasteiger partial charge in [-0.3, -0.25) is 0 Å². The molecule has 1 amide bonds. The van der Waals surface area contributed by atoms with Crippen molar-refractivity contribution in [1.82, 2.24) is 19.7 Å². The lowest BCUT2D eigenvalue weighted by Gasteiger charge is -2.36. The van der Waals surface area contributed by atoms with Gasteiger partial charge >= 0.3 is 12.3 Å². The second-order valence-corrected chi connectivity index (χ2v) is 9.15. The van der Waals surface area contributed by atoms with Crippen molar-refractivity contribution in [2.45, 2.75) is 49.9 Å². The van der Waals surface area contributed by atoms with Crippen molar-refractivity contribution in [3.63, 3.8) is 0 Å². The third kappa shape index (κ3) is 3.74. The molecule has 1 saturated carbocycles. The third-order valence-corrected chi connectivity index (χ3v) is 7.21. The van der Waals surface area contributed by atoms with E-state index in [1.807, 2.05) is 0 Å². The van der Waals surface area contributed by atoms with Crippen LogP contribution in [0.2, 0.25) is 0 Å². The van der Waals surface area contributed by atoms with Crippen LogP contribution >= 0.6 is 0 Å². The smallest absolute Gasteiger partial charge is 0.410 e. The number of aromatic nitrogens is 3. The van der Waals surface area contributed by atoms with Crippen molar-refractivity contribution in [1.29, 1.82) is 0 Å². The maximum Gasteiger partial charge on any atom is 0.410 e. The molecular formula is C21H21F6N5O2. The number of fused-ring (bicyclic) bond motifs is 3. The fourth-order valence-corrected chi connectivity index (χ4v) is 5.61. The van der Waals surface area contributed by atoms with E-state index in [4.69, 9.17) is 0 Å². The van der Waals surface area contributed by atoms with Crippen LogP contribution in [0.25, 0.3) is 0 Å². The topological polar surface area (TPSA) is 83.3 Å².